The van der Waals surface area contributed by atoms with E-state index in [9.17, 15) is 0 Å². The van der Waals surface area contributed by atoms with E-state index in [1.807, 2.05) is 6.08 Å². The van der Waals surface area contributed by atoms with Gasteiger partial charge in [0.1, 0.15) is 0 Å². The van der Waals surface area contributed by atoms with Crippen LogP contribution in [0.15, 0.2) is 30.0 Å². The van der Waals surface area contributed by atoms with E-state index >= 15 is 0 Å². The number of hydrogen-bond acceptors (Lipinski definition) is 0. The maximum Gasteiger partial charge on any atom is 0.0350 e. The SMILES string of the molecule is Cc1cccc2c1=C=C=CC=2. The van der Waals surface area contributed by atoms with Crippen molar-refractivity contribution in [1.82, 2.24) is 0 Å². The molecule has 0 N–H and O–H groups in total. The van der Waals surface area contributed by atoms with Crippen LogP contribution in [0.1, 0.15) is 5.56 Å². The number of rotatable bonds is 0. The van der Waals surface area contributed by atoms with Crippen LogP contribution < -0.4 is 10.4 Å². The average molecular weight is 140 g/mol. The van der Waals surface area contributed by atoms with Gasteiger partial charge in [0.15, 0.2) is 0 Å². The minimum absolute atomic E-state index is 1.18. The molecule has 0 radical (unpaired) electrons. The third-order valence-corrected chi connectivity index (χ3v) is 1.85. The topological polar surface area (TPSA) is 0 Å². The Hall–Kier alpha value is -1.48. The van der Waals surface area contributed by atoms with E-state index in [4.69, 9.17) is 0 Å². The molecule has 0 aliphatic heterocycles. The number of hydrogen-bond donors (Lipinski definition) is 0. The van der Waals surface area contributed by atoms with Crippen LogP contribution in [0.3, 0.4) is 0 Å². The molecule has 0 amide bonds. The fourth-order valence-corrected chi connectivity index (χ4v) is 1.25. The van der Waals surface area contributed by atoms with Crippen LogP contribution in [0.4, 0.5) is 0 Å². The Balaban J connectivity index is 3.14. The predicted molar refractivity (Wildman–Crippen MR) is 46.4 cm³/mol. The average Bonchev–Trinajstić information content (AvgIpc) is 2.06. The maximum atomic E-state index is 3.09. The third kappa shape index (κ3) is 0.951. The molecule has 0 unspecified atom stereocenters. The van der Waals surface area contributed by atoms with Crippen molar-refractivity contribution in [2.24, 2.45) is 0 Å². The lowest BCUT2D eigenvalue weighted by molar-refractivity contribution is 1.37. The molecular weight excluding hydrogens is 132 g/mol. The molecule has 11 heavy (non-hydrogen) atoms. The summed E-state index contributed by atoms with van der Waals surface area (Å²) < 4.78 is 0. The summed E-state index contributed by atoms with van der Waals surface area (Å²) in [6.07, 6.45) is 3.95. The van der Waals surface area contributed by atoms with Gasteiger partial charge in [0, 0.05) is 5.22 Å². The molecule has 1 aliphatic carbocycles. The first-order valence-corrected chi connectivity index (χ1v) is 3.65. The summed E-state index contributed by atoms with van der Waals surface area (Å²) in [6, 6.07) is 6.24. The van der Waals surface area contributed by atoms with E-state index in [0.29, 0.717) is 0 Å². The summed E-state index contributed by atoms with van der Waals surface area (Å²) in [5, 5.41) is 2.42. The smallest absolute Gasteiger partial charge is 0.0350 e. The number of benzene rings is 1. The van der Waals surface area contributed by atoms with Gasteiger partial charge in [-0.3, -0.25) is 0 Å². The highest BCUT2D eigenvalue weighted by molar-refractivity contribution is 5.45. The minimum atomic E-state index is 1.18. The van der Waals surface area contributed by atoms with Crippen LogP contribution in [-0.2, 0) is 0 Å². The zero-order chi connectivity index (χ0) is 7.68. The Bertz CT molecular complexity index is 465. The molecule has 2 rings (SSSR count). The Labute approximate surface area is 65.5 Å². The zero-order valence-electron chi connectivity index (χ0n) is 6.39. The van der Waals surface area contributed by atoms with E-state index in [2.05, 4.69) is 42.7 Å². The molecule has 0 nitrogen and oxygen atoms in total. The number of fused-ring (bicyclic) bond motifs is 1. The monoisotopic (exact) mass is 140 g/mol. The normalized spacial score (nSPS) is 11.7. The van der Waals surface area contributed by atoms with Crippen molar-refractivity contribution in [3.05, 3.63) is 46.0 Å². The Kier molecular flexibility index (Phi) is 1.30. The molecule has 1 aromatic carbocycles. The van der Waals surface area contributed by atoms with E-state index in [1.54, 1.807) is 0 Å². The highest BCUT2D eigenvalue weighted by Gasteiger charge is 1.88. The largest absolute Gasteiger partial charge is 0.0696 e. The van der Waals surface area contributed by atoms with E-state index in [0.717, 1.165) is 0 Å². The van der Waals surface area contributed by atoms with E-state index < -0.39 is 0 Å². The molecule has 0 aromatic heterocycles. The lowest BCUT2D eigenvalue weighted by Crippen LogP contribution is -2.26. The van der Waals surface area contributed by atoms with Crippen molar-refractivity contribution < 1.29 is 0 Å². The van der Waals surface area contributed by atoms with Crippen LogP contribution >= 0.6 is 0 Å². The molecule has 1 aliphatic rings. The molecule has 1 aromatic rings. The van der Waals surface area contributed by atoms with Gasteiger partial charge in [-0.15, -0.1) is 0 Å². The van der Waals surface area contributed by atoms with Crippen molar-refractivity contribution in [2.45, 2.75) is 6.92 Å². The van der Waals surface area contributed by atoms with Crippen LogP contribution in [-0.4, -0.2) is 0 Å². The van der Waals surface area contributed by atoms with Gasteiger partial charge in [0.2, 0.25) is 0 Å². The molecule has 0 atom stereocenters. The van der Waals surface area contributed by atoms with E-state index in [-0.39, 0.29) is 0 Å². The second kappa shape index (κ2) is 2.29. The molecule has 0 heteroatoms. The summed E-state index contributed by atoms with van der Waals surface area (Å²) in [6.45, 7) is 2.09. The van der Waals surface area contributed by atoms with Gasteiger partial charge in [-0.2, -0.15) is 0 Å². The second-order valence-corrected chi connectivity index (χ2v) is 2.64. The molecule has 0 saturated heterocycles. The molecular formula is C11H8. The molecule has 0 bridgehead atoms. The molecule has 0 spiro atoms. The van der Waals surface area contributed by atoms with Gasteiger partial charge in [-0.25, -0.2) is 0 Å². The van der Waals surface area contributed by atoms with Gasteiger partial charge in [-0.05, 0) is 29.9 Å². The summed E-state index contributed by atoms with van der Waals surface area (Å²) in [4.78, 5) is 0. The minimum Gasteiger partial charge on any atom is -0.0696 e. The third-order valence-electron chi connectivity index (χ3n) is 1.85. The Morgan fingerprint density at radius 1 is 1.27 bits per heavy atom. The molecule has 0 fully saturated rings. The van der Waals surface area contributed by atoms with Crippen LogP contribution in [0.5, 0.6) is 0 Å². The predicted octanol–water partition coefficient (Wildman–Crippen LogP) is 0.880. The fraction of sp³-hybridized carbons (Fsp3) is 0.0909. The number of aryl methyl sites for hydroxylation is 1. The van der Waals surface area contributed by atoms with Gasteiger partial charge < -0.3 is 0 Å². The van der Waals surface area contributed by atoms with Crippen LogP contribution in [0.25, 0.3) is 11.8 Å². The first kappa shape index (κ1) is 6.24. The highest BCUT2D eigenvalue weighted by Crippen LogP contribution is 1.84. The van der Waals surface area contributed by atoms with Crippen molar-refractivity contribution in [2.75, 3.05) is 0 Å². The molecule has 0 saturated carbocycles. The van der Waals surface area contributed by atoms with Crippen molar-refractivity contribution >= 4 is 11.8 Å². The van der Waals surface area contributed by atoms with Gasteiger partial charge >= 0.3 is 0 Å². The maximum absolute atomic E-state index is 3.09. The standard InChI is InChI=1S/C11H8/c1-9-5-4-7-10-6-2-3-8-11(9)10/h2,4-7H,1H3. The summed E-state index contributed by atoms with van der Waals surface area (Å²) in [7, 11) is 0. The van der Waals surface area contributed by atoms with Gasteiger partial charge in [-0.1, -0.05) is 29.7 Å². The second-order valence-electron chi connectivity index (χ2n) is 2.64. The van der Waals surface area contributed by atoms with Crippen molar-refractivity contribution in [3.63, 3.8) is 0 Å². The number of allylic oxidation sites excluding steroid dienone is 1. The lowest BCUT2D eigenvalue weighted by atomic mass is 10.1. The Morgan fingerprint density at radius 2 is 2.18 bits per heavy atom. The highest BCUT2D eigenvalue weighted by atomic mass is 13.9. The van der Waals surface area contributed by atoms with Crippen LogP contribution in [0, 0.1) is 6.92 Å². The lowest BCUT2D eigenvalue weighted by Gasteiger charge is -1.92. The summed E-state index contributed by atoms with van der Waals surface area (Å²) >= 11 is 0. The fourth-order valence-electron chi connectivity index (χ4n) is 1.25. The zero-order valence-corrected chi connectivity index (χ0v) is 6.39. The first-order valence-electron chi connectivity index (χ1n) is 3.65. The van der Waals surface area contributed by atoms with Gasteiger partial charge in [0.25, 0.3) is 0 Å². The molecule has 0 heterocycles. The molecule has 52 valence electrons. The van der Waals surface area contributed by atoms with Crippen LogP contribution in [0.2, 0.25) is 0 Å². The summed E-state index contributed by atoms with van der Waals surface area (Å²) in [5.41, 5.74) is 7.31. The summed E-state index contributed by atoms with van der Waals surface area (Å²) in [5.74, 6) is 0. The Morgan fingerprint density at radius 3 is 3.00 bits per heavy atom. The quantitative estimate of drug-likeness (QED) is 0.469. The van der Waals surface area contributed by atoms with Crippen molar-refractivity contribution in [1.29, 1.82) is 0 Å². The first-order chi connectivity index (χ1) is 5.38. The van der Waals surface area contributed by atoms with E-state index in [1.165, 1.54) is 16.0 Å². The van der Waals surface area contributed by atoms with Gasteiger partial charge in [0.05, 0.1) is 0 Å². The van der Waals surface area contributed by atoms with Crippen molar-refractivity contribution in [3.8, 4) is 0 Å².